The summed E-state index contributed by atoms with van der Waals surface area (Å²) in [7, 11) is 0. The summed E-state index contributed by atoms with van der Waals surface area (Å²) in [6, 6.07) is 15.6. The maximum Gasteiger partial charge on any atom is 0.232 e. The number of ether oxygens (including phenoxy) is 1. The molecule has 3 heterocycles. The molecule has 0 aliphatic carbocycles. The van der Waals surface area contributed by atoms with E-state index in [9.17, 15) is 4.79 Å². The number of hydrogen-bond acceptors (Lipinski definition) is 6. The molecule has 1 aromatic carbocycles. The summed E-state index contributed by atoms with van der Waals surface area (Å²) in [4.78, 5) is 28.9. The molecular weight excluding hydrogens is 390 g/mol. The highest BCUT2D eigenvalue weighted by molar-refractivity contribution is 5.84. The van der Waals surface area contributed by atoms with Crippen LogP contribution in [0.25, 0.3) is 11.5 Å². The fraction of sp³-hybridized carbons (Fsp3) is 0.333. The van der Waals surface area contributed by atoms with Crippen LogP contribution < -0.4 is 5.32 Å². The number of benzene rings is 1. The van der Waals surface area contributed by atoms with Gasteiger partial charge in [-0.15, -0.1) is 0 Å². The smallest absolute Gasteiger partial charge is 0.232 e. The first kappa shape index (κ1) is 20.9. The zero-order valence-electron chi connectivity index (χ0n) is 17.9. The summed E-state index contributed by atoms with van der Waals surface area (Å²) in [5.74, 6) is 1.09. The average molecular weight is 418 g/mol. The van der Waals surface area contributed by atoms with Gasteiger partial charge < -0.3 is 15.0 Å². The zero-order valence-corrected chi connectivity index (χ0v) is 17.9. The van der Waals surface area contributed by atoms with Gasteiger partial charge in [0.25, 0.3) is 0 Å². The Morgan fingerprint density at radius 3 is 2.52 bits per heavy atom. The molecule has 1 N–H and O–H groups in total. The molecule has 1 saturated heterocycles. The van der Waals surface area contributed by atoms with E-state index in [1.807, 2.05) is 67.3 Å². The van der Waals surface area contributed by atoms with E-state index in [2.05, 4.69) is 15.3 Å². The lowest BCUT2D eigenvalue weighted by atomic mass is 9.97. The molecule has 1 atom stereocenters. The van der Waals surface area contributed by atoms with Crippen LogP contribution in [0.3, 0.4) is 0 Å². The van der Waals surface area contributed by atoms with Crippen LogP contribution in [0.4, 0.5) is 5.82 Å². The molecule has 1 fully saturated rings. The summed E-state index contributed by atoms with van der Waals surface area (Å²) < 4.78 is 5.42. The van der Waals surface area contributed by atoms with E-state index in [0.29, 0.717) is 38.7 Å². The van der Waals surface area contributed by atoms with Crippen molar-refractivity contribution >= 4 is 11.7 Å². The van der Waals surface area contributed by atoms with Crippen LogP contribution in [-0.2, 0) is 9.53 Å². The van der Waals surface area contributed by atoms with Gasteiger partial charge in [0, 0.05) is 37.1 Å². The van der Waals surface area contributed by atoms with Crippen molar-refractivity contribution in [3.8, 4) is 11.5 Å². The Hall–Kier alpha value is -3.32. The van der Waals surface area contributed by atoms with E-state index in [1.165, 1.54) is 0 Å². The fourth-order valence-corrected chi connectivity index (χ4v) is 3.65. The molecule has 7 heteroatoms. The lowest BCUT2D eigenvalue weighted by Crippen LogP contribution is -2.44. The van der Waals surface area contributed by atoms with E-state index in [1.54, 1.807) is 6.20 Å². The molecular formula is C24H27N5O2. The molecule has 2 aromatic heterocycles. The second-order valence-electron chi connectivity index (χ2n) is 7.60. The standard InChI is InChI=1S/C24H27N5O2/c1-17-18(2)27-23(21-10-6-7-11-25-21)28-22(17)26-16-20(19-8-4-3-5-9-19)24(30)29-12-14-31-15-13-29/h3-11,20H,12-16H2,1-2H3,(H,26,27,28). The number of hydrogen-bond donors (Lipinski definition) is 1. The second kappa shape index (κ2) is 9.66. The lowest BCUT2D eigenvalue weighted by Gasteiger charge is -2.31. The van der Waals surface area contributed by atoms with E-state index >= 15 is 0 Å². The maximum atomic E-state index is 13.3. The topological polar surface area (TPSA) is 80.2 Å². The molecule has 0 saturated carbocycles. The van der Waals surface area contributed by atoms with Gasteiger partial charge >= 0.3 is 0 Å². The first-order valence-corrected chi connectivity index (χ1v) is 10.6. The van der Waals surface area contributed by atoms with Gasteiger partial charge in [-0.3, -0.25) is 9.78 Å². The van der Waals surface area contributed by atoms with E-state index in [4.69, 9.17) is 9.72 Å². The van der Waals surface area contributed by atoms with Gasteiger partial charge in [0.05, 0.1) is 19.1 Å². The Kier molecular flexibility index (Phi) is 6.52. The summed E-state index contributed by atoms with van der Waals surface area (Å²) in [5, 5.41) is 3.42. The van der Waals surface area contributed by atoms with Crippen LogP contribution in [0.1, 0.15) is 22.7 Å². The van der Waals surface area contributed by atoms with Crippen molar-refractivity contribution in [3.63, 3.8) is 0 Å². The molecule has 7 nitrogen and oxygen atoms in total. The molecule has 0 spiro atoms. The Bertz CT molecular complexity index is 1020. The normalized spacial score (nSPS) is 14.8. The van der Waals surface area contributed by atoms with Gasteiger partial charge in [0.1, 0.15) is 11.5 Å². The summed E-state index contributed by atoms with van der Waals surface area (Å²) in [6.07, 6.45) is 1.73. The predicted molar refractivity (Wildman–Crippen MR) is 120 cm³/mol. The minimum atomic E-state index is -0.313. The Balaban J connectivity index is 1.59. The number of carbonyl (C=O) groups is 1. The monoisotopic (exact) mass is 417 g/mol. The third-order valence-corrected chi connectivity index (χ3v) is 5.58. The van der Waals surface area contributed by atoms with Crippen molar-refractivity contribution < 1.29 is 9.53 Å². The molecule has 1 aliphatic rings. The minimum Gasteiger partial charge on any atom is -0.378 e. The Labute approximate surface area is 182 Å². The summed E-state index contributed by atoms with van der Waals surface area (Å²) >= 11 is 0. The van der Waals surface area contributed by atoms with Gasteiger partial charge in [-0.25, -0.2) is 9.97 Å². The maximum absolute atomic E-state index is 13.3. The van der Waals surface area contributed by atoms with Gasteiger partial charge in [-0.2, -0.15) is 0 Å². The van der Waals surface area contributed by atoms with E-state index in [0.717, 1.165) is 28.3 Å². The highest BCUT2D eigenvalue weighted by Gasteiger charge is 2.27. The number of aromatic nitrogens is 3. The third-order valence-electron chi connectivity index (χ3n) is 5.58. The van der Waals surface area contributed by atoms with Gasteiger partial charge in [-0.1, -0.05) is 36.4 Å². The molecule has 0 radical (unpaired) electrons. The molecule has 1 aliphatic heterocycles. The largest absolute Gasteiger partial charge is 0.378 e. The number of anilines is 1. The number of nitrogens with one attached hydrogen (secondary N) is 1. The molecule has 4 rings (SSSR count). The molecule has 1 amide bonds. The predicted octanol–water partition coefficient (Wildman–Crippen LogP) is 3.21. The van der Waals surface area contributed by atoms with Crippen LogP contribution in [0.5, 0.6) is 0 Å². The Morgan fingerprint density at radius 1 is 1.06 bits per heavy atom. The second-order valence-corrected chi connectivity index (χ2v) is 7.60. The van der Waals surface area contributed by atoms with E-state index in [-0.39, 0.29) is 11.8 Å². The molecule has 1 unspecified atom stereocenters. The molecule has 0 bridgehead atoms. The first-order valence-electron chi connectivity index (χ1n) is 10.6. The molecule has 31 heavy (non-hydrogen) atoms. The zero-order chi connectivity index (χ0) is 21.6. The average Bonchev–Trinajstić information content (AvgIpc) is 2.83. The quantitative estimate of drug-likeness (QED) is 0.663. The molecule has 160 valence electrons. The lowest BCUT2D eigenvalue weighted by molar-refractivity contribution is -0.136. The van der Waals surface area contributed by atoms with Crippen LogP contribution in [0, 0.1) is 13.8 Å². The molecule has 3 aromatic rings. The fourth-order valence-electron chi connectivity index (χ4n) is 3.65. The van der Waals surface area contributed by atoms with Gasteiger partial charge in [0.15, 0.2) is 5.82 Å². The van der Waals surface area contributed by atoms with Crippen molar-refractivity contribution in [1.29, 1.82) is 0 Å². The number of rotatable bonds is 6. The minimum absolute atomic E-state index is 0.107. The van der Waals surface area contributed by atoms with Gasteiger partial charge in [0.2, 0.25) is 5.91 Å². The van der Waals surface area contributed by atoms with Crippen molar-refractivity contribution in [1.82, 2.24) is 19.9 Å². The van der Waals surface area contributed by atoms with Crippen molar-refractivity contribution in [2.45, 2.75) is 19.8 Å². The summed E-state index contributed by atoms with van der Waals surface area (Å²) in [6.45, 7) is 6.80. The van der Waals surface area contributed by atoms with Gasteiger partial charge in [-0.05, 0) is 31.5 Å². The third kappa shape index (κ3) is 4.88. The van der Waals surface area contributed by atoms with Crippen molar-refractivity contribution in [2.24, 2.45) is 0 Å². The number of aryl methyl sites for hydroxylation is 1. The highest BCUT2D eigenvalue weighted by Crippen LogP contribution is 2.24. The number of amides is 1. The van der Waals surface area contributed by atoms with Crippen molar-refractivity contribution in [2.75, 3.05) is 38.2 Å². The number of pyridine rings is 1. The highest BCUT2D eigenvalue weighted by atomic mass is 16.5. The van der Waals surface area contributed by atoms with Crippen LogP contribution in [0.15, 0.2) is 54.7 Å². The number of carbonyl (C=O) groups excluding carboxylic acids is 1. The SMILES string of the molecule is Cc1nc(-c2ccccn2)nc(NCC(C(=O)N2CCOCC2)c2ccccc2)c1C. The number of nitrogens with zero attached hydrogens (tertiary/aromatic N) is 4. The number of morpholine rings is 1. The van der Waals surface area contributed by atoms with Crippen LogP contribution in [0.2, 0.25) is 0 Å². The van der Waals surface area contributed by atoms with E-state index < -0.39 is 0 Å². The van der Waals surface area contributed by atoms with Crippen molar-refractivity contribution in [3.05, 3.63) is 71.5 Å². The first-order chi connectivity index (χ1) is 15.1. The Morgan fingerprint density at radius 2 is 1.81 bits per heavy atom. The van der Waals surface area contributed by atoms with Crippen LogP contribution in [-0.4, -0.2) is 58.6 Å². The van der Waals surface area contributed by atoms with Crippen LogP contribution >= 0.6 is 0 Å². The summed E-state index contributed by atoms with van der Waals surface area (Å²) in [5.41, 5.74) is 3.55.